The molecule has 1 aromatic carbocycles. The first-order chi connectivity index (χ1) is 9.63. The summed E-state index contributed by atoms with van der Waals surface area (Å²) in [5.41, 5.74) is 2.28. The second-order valence-electron chi connectivity index (χ2n) is 5.28. The molecule has 1 N–H and O–H groups in total. The molecule has 1 aromatic rings. The minimum absolute atomic E-state index is 0.0757. The van der Waals surface area contributed by atoms with Crippen LogP contribution in [-0.2, 0) is 4.79 Å². The quantitative estimate of drug-likeness (QED) is 0.698. The van der Waals surface area contributed by atoms with Crippen LogP contribution in [0.25, 0.3) is 0 Å². The second-order valence-corrected chi connectivity index (χ2v) is 5.28. The molecule has 3 nitrogen and oxygen atoms in total. The van der Waals surface area contributed by atoms with Crippen LogP contribution in [0.15, 0.2) is 18.2 Å². The number of amides is 1. The molecule has 0 aliphatic rings. The summed E-state index contributed by atoms with van der Waals surface area (Å²) in [5.74, 6) is 0.951. The SMILES string of the molecule is CCCCCCNC(=O)CCOc1cc(C)ccc1C. The van der Waals surface area contributed by atoms with Gasteiger partial charge in [0.2, 0.25) is 5.91 Å². The van der Waals surface area contributed by atoms with Crippen molar-refractivity contribution in [3.8, 4) is 5.75 Å². The maximum Gasteiger partial charge on any atom is 0.223 e. The van der Waals surface area contributed by atoms with E-state index in [1.165, 1.54) is 24.8 Å². The van der Waals surface area contributed by atoms with Crippen LogP contribution in [0.5, 0.6) is 5.75 Å². The second kappa shape index (κ2) is 9.40. The van der Waals surface area contributed by atoms with Crippen LogP contribution >= 0.6 is 0 Å². The average molecular weight is 277 g/mol. The maximum atomic E-state index is 11.6. The summed E-state index contributed by atoms with van der Waals surface area (Å²) >= 11 is 0. The zero-order valence-corrected chi connectivity index (χ0v) is 13.0. The Bertz CT molecular complexity index is 415. The number of carbonyl (C=O) groups is 1. The molecular formula is C17H27NO2. The van der Waals surface area contributed by atoms with E-state index in [0.29, 0.717) is 13.0 Å². The van der Waals surface area contributed by atoms with Gasteiger partial charge in [0.05, 0.1) is 13.0 Å². The Balaban J connectivity index is 2.17. The van der Waals surface area contributed by atoms with Crippen molar-refractivity contribution in [3.63, 3.8) is 0 Å². The predicted octanol–water partition coefficient (Wildman–Crippen LogP) is 3.77. The van der Waals surface area contributed by atoms with Gasteiger partial charge in [0.25, 0.3) is 0 Å². The third kappa shape index (κ3) is 6.60. The molecule has 1 rings (SSSR count). The molecule has 112 valence electrons. The summed E-state index contributed by atoms with van der Waals surface area (Å²) in [6.45, 7) is 7.45. The van der Waals surface area contributed by atoms with Gasteiger partial charge in [-0.05, 0) is 37.5 Å². The minimum atomic E-state index is 0.0757. The Morgan fingerprint density at radius 3 is 2.75 bits per heavy atom. The Labute approximate surface area is 122 Å². The van der Waals surface area contributed by atoms with Gasteiger partial charge in [-0.3, -0.25) is 4.79 Å². The zero-order chi connectivity index (χ0) is 14.8. The topological polar surface area (TPSA) is 38.3 Å². The van der Waals surface area contributed by atoms with Gasteiger partial charge in [-0.1, -0.05) is 38.3 Å². The Kier molecular flexibility index (Phi) is 7.78. The van der Waals surface area contributed by atoms with E-state index in [1.807, 2.05) is 26.0 Å². The van der Waals surface area contributed by atoms with Crippen LogP contribution in [0.2, 0.25) is 0 Å². The molecule has 0 aromatic heterocycles. The van der Waals surface area contributed by atoms with E-state index < -0.39 is 0 Å². The van der Waals surface area contributed by atoms with Crippen molar-refractivity contribution < 1.29 is 9.53 Å². The highest BCUT2D eigenvalue weighted by molar-refractivity contribution is 5.75. The number of carbonyl (C=O) groups excluding carboxylic acids is 1. The largest absolute Gasteiger partial charge is 0.493 e. The number of rotatable bonds is 9. The first kappa shape index (κ1) is 16.5. The number of hydrogen-bond acceptors (Lipinski definition) is 2. The molecular weight excluding hydrogens is 250 g/mol. The number of benzene rings is 1. The van der Waals surface area contributed by atoms with Crippen molar-refractivity contribution in [3.05, 3.63) is 29.3 Å². The van der Waals surface area contributed by atoms with Crippen LogP contribution in [-0.4, -0.2) is 19.1 Å². The van der Waals surface area contributed by atoms with Gasteiger partial charge >= 0.3 is 0 Å². The molecule has 0 bridgehead atoms. The lowest BCUT2D eigenvalue weighted by molar-refractivity contribution is -0.121. The molecule has 3 heteroatoms. The van der Waals surface area contributed by atoms with Gasteiger partial charge in [0, 0.05) is 6.54 Å². The van der Waals surface area contributed by atoms with Crippen LogP contribution in [0.4, 0.5) is 0 Å². The van der Waals surface area contributed by atoms with E-state index in [0.717, 1.165) is 24.3 Å². The van der Waals surface area contributed by atoms with Crippen molar-refractivity contribution in [2.24, 2.45) is 0 Å². The Hall–Kier alpha value is -1.51. The summed E-state index contributed by atoms with van der Waals surface area (Å²) < 4.78 is 5.67. The van der Waals surface area contributed by atoms with E-state index in [9.17, 15) is 4.79 Å². The maximum absolute atomic E-state index is 11.6. The molecule has 0 saturated heterocycles. The summed E-state index contributed by atoms with van der Waals surface area (Å²) in [6.07, 6.45) is 5.14. The van der Waals surface area contributed by atoms with Crippen LogP contribution in [0.1, 0.15) is 50.2 Å². The first-order valence-corrected chi connectivity index (χ1v) is 7.60. The van der Waals surface area contributed by atoms with E-state index in [2.05, 4.69) is 18.3 Å². The van der Waals surface area contributed by atoms with Gasteiger partial charge in [-0.25, -0.2) is 0 Å². The van der Waals surface area contributed by atoms with Crippen LogP contribution in [0, 0.1) is 13.8 Å². The van der Waals surface area contributed by atoms with Gasteiger partial charge in [-0.2, -0.15) is 0 Å². The van der Waals surface area contributed by atoms with E-state index in [1.54, 1.807) is 0 Å². The Morgan fingerprint density at radius 2 is 2.00 bits per heavy atom. The van der Waals surface area contributed by atoms with Crippen molar-refractivity contribution in [1.82, 2.24) is 5.32 Å². The summed E-state index contributed by atoms with van der Waals surface area (Å²) in [7, 11) is 0. The van der Waals surface area contributed by atoms with Crippen molar-refractivity contribution >= 4 is 5.91 Å². The molecule has 1 amide bonds. The van der Waals surface area contributed by atoms with E-state index >= 15 is 0 Å². The van der Waals surface area contributed by atoms with Crippen molar-refractivity contribution in [2.45, 2.75) is 52.9 Å². The smallest absolute Gasteiger partial charge is 0.223 e. The van der Waals surface area contributed by atoms with Gasteiger partial charge in [0.15, 0.2) is 0 Å². The number of hydrogen-bond donors (Lipinski definition) is 1. The Morgan fingerprint density at radius 1 is 1.20 bits per heavy atom. The fourth-order valence-corrected chi connectivity index (χ4v) is 1.98. The average Bonchev–Trinajstić information content (AvgIpc) is 2.42. The fraction of sp³-hybridized carbons (Fsp3) is 0.588. The molecule has 0 aliphatic carbocycles. The standard InChI is InChI=1S/C17H27NO2/c1-4-5-6-7-11-18-17(19)10-12-20-16-13-14(2)8-9-15(16)3/h8-9,13H,4-7,10-12H2,1-3H3,(H,18,19). The number of ether oxygens (including phenoxy) is 1. The monoisotopic (exact) mass is 277 g/mol. The highest BCUT2D eigenvalue weighted by Crippen LogP contribution is 2.19. The highest BCUT2D eigenvalue weighted by atomic mass is 16.5. The number of nitrogens with one attached hydrogen (secondary N) is 1. The molecule has 0 fully saturated rings. The normalized spacial score (nSPS) is 10.3. The molecule has 0 heterocycles. The molecule has 20 heavy (non-hydrogen) atoms. The van der Waals surface area contributed by atoms with Gasteiger partial charge in [-0.15, -0.1) is 0 Å². The van der Waals surface area contributed by atoms with E-state index in [4.69, 9.17) is 4.74 Å². The molecule has 0 saturated carbocycles. The van der Waals surface area contributed by atoms with E-state index in [-0.39, 0.29) is 5.91 Å². The van der Waals surface area contributed by atoms with Gasteiger partial charge < -0.3 is 10.1 Å². The summed E-state index contributed by atoms with van der Waals surface area (Å²) in [4.78, 5) is 11.6. The number of aryl methyl sites for hydroxylation is 2. The predicted molar refractivity (Wildman–Crippen MR) is 83.2 cm³/mol. The lowest BCUT2D eigenvalue weighted by Crippen LogP contribution is -2.25. The first-order valence-electron chi connectivity index (χ1n) is 7.60. The zero-order valence-electron chi connectivity index (χ0n) is 13.0. The highest BCUT2D eigenvalue weighted by Gasteiger charge is 2.03. The van der Waals surface area contributed by atoms with Crippen molar-refractivity contribution in [1.29, 1.82) is 0 Å². The third-order valence-corrected chi connectivity index (χ3v) is 3.28. The molecule has 0 atom stereocenters. The lowest BCUT2D eigenvalue weighted by atomic mass is 10.1. The number of unbranched alkanes of at least 4 members (excludes halogenated alkanes) is 3. The van der Waals surface area contributed by atoms with Crippen LogP contribution in [0.3, 0.4) is 0 Å². The summed E-state index contributed by atoms with van der Waals surface area (Å²) in [5, 5.41) is 2.93. The van der Waals surface area contributed by atoms with Gasteiger partial charge in [0.1, 0.15) is 5.75 Å². The molecule has 0 aliphatic heterocycles. The fourth-order valence-electron chi connectivity index (χ4n) is 1.98. The van der Waals surface area contributed by atoms with Crippen molar-refractivity contribution in [2.75, 3.05) is 13.2 Å². The van der Waals surface area contributed by atoms with Crippen LogP contribution < -0.4 is 10.1 Å². The molecule has 0 spiro atoms. The summed E-state index contributed by atoms with van der Waals surface area (Å²) in [6, 6.07) is 6.11. The molecule has 0 radical (unpaired) electrons. The lowest BCUT2D eigenvalue weighted by Gasteiger charge is -2.10. The molecule has 0 unspecified atom stereocenters. The minimum Gasteiger partial charge on any atom is -0.493 e. The third-order valence-electron chi connectivity index (χ3n) is 3.28.